The molecule has 0 spiro atoms. The Morgan fingerprint density at radius 1 is 1.50 bits per heavy atom. The molecule has 1 N–H and O–H groups in total. The average molecular weight is 199 g/mol. The molecule has 0 aliphatic carbocycles. The number of aromatic nitrogens is 2. The molecular weight excluding hydrogens is 185 g/mol. The molecule has 1 aromatic heterocycles. The van der Waals surface area contributed by atoms with E-state index in [1.165, 1.54) is 12.4 Å². The minimum absolute atomic E-state index is 0.508. The first kappa shape index (κ1) is 10.8. The van der Waals surface area contributed by atoms with E-state index in [4.69, 9.17) is 4.74 Å². The first-order valence-electron chi connectivity index (χ1n) is 4.62. The molecule has 5 heteroatoms. The molecule has 0 fully saturated rings. The minimum Gasteiger partial charge on any atom is -0.382 e. The summed E-state index contributed by atoms with van der Waals surface area (Å²) in [6.07, 6.45) is 2.07. The molecule has 0 aliphatic heterocycles. The summed E-state index contributed by atoms with van der Waals surface area (Å²) in [6, 6.07) is 1.26. The van der Waals surface area contributed by atoms with Crippen LogP contribution in [0, 0.1) is 5.95 Å². The van der Waals surface area contributed by atoms with Gasteiger partial charge in [0.15, 0.2) is 0 Å². The monoisotopic (exact) mass is 199 g/mol. The van der Waals surface area contributed by atoms with Crippen LogP contribution in [-0.2, 0) is 4.74 Å². The molecule has 1 heterocycles. The van der Waals surface area contributed by atoms with Crippen molar-refractivity contribution in [1.29, 1.82) is 0 Å². The zero-order valence-electron chi connectivity index (χ0n) is 8.16. The van der Waals surface area contributed by atoms with Crippen LogP contribution in [0.4, 0.5) is 10.2 Å². The van der Waals surface area contributed by atoms with Crippen molar-refractivity contribution in [2.75, 3.05) is 25.1 Å². The van der Waals surface area contributed by atoms with Gasteiger partial charge >= 0.3 is 0 Å². The molecule has 0 unspecified atom stereocenters. The van der Waals surface area contributed by atoms with E-state index in [9.17, 15) is 4.39 Å². The van der Waals surface area contributed by atoms with E-state index in [2.05, 4.69) is 15.3 Å². The first-order chi connectivity index (χ1) is 6.83. The van der Waals surface area contributed by atoms with Crippen LogP contribution in [0.15, 0.2) is 12.4 Å². The number of rotatable bonds is 6. The second-order valence-electron chi connectivity index (χ2n) is 2.70. The van der Waals surface area contributed by atoms with E-state index in [0.717, 1.165) is 19.6 Å². The van der Waals surface area contributed by atoms with Gasteiger partial charge in [0.1, 0.15) is 12.1 Å². The van der Waals surface area contributed by atoms with Crippen molar-refractivity contribution in [3.63, 3.8) is 0 Å². The fourth-order valence-corrected chi connectivity index (χ4v) is 0.965. The molecule has 4 nitrogen and oxygen atoms in total. The summed E-state index contributed by atoms with van der Waals surface area (Å²) >= 11 is 0. The molecule has 0 radical (unpaired) electrons. The Morgan fingerprint density at radius 3 is 3.07 bits per heavy atom. The highest BCUT2D eigenvalue weighted by Gasteiger charge is 1.95. The van der Waals surface area contributed by atoms with E-state index >= 15 is 0 Å². The van der Waals surface area contributed by atoms with Crippen molar-refractivity contribution >= 4 is 5.82 Å². The summed E-state index contributed by atoms with van der Waals surface area (Å²) in [5.74, 6) is -0.0127. The Balaban J connectivity index is 2.18. The minimum atomic E-state index is -0.521. The lowest BCUT2D eigenvalue weighted by Crippen LogP contribution is -2.07. The van der Waals surface area contributed by atoms with E-state index in [-0.39, 0.29) is 0 Å². The molecule has 0 atom stereocenters. The van der Waals surface area contributed by atoms with Gasteiger partial charge in [-0.1, -0.05) is 0 Å². The fourth-order valence-electron chi connectivity index (χ4n) is 0.965. The van der Waals surface area contributed by atoms with Crippen LogP contribution in [0.5, 0.6) is 0 Å². The van der Waals surface area contributed by atoms with Crippen LogP contribution in [-0.4, -0.2) is 29.7 Å². The second kappa shape index (κ2) is 6.26. The predicted octanol–water partition coefficient (Wildman–Crippen LogP) is 1.45. The predicted molar refractivity (Wildman–Crippen MR) is 51.6 cm³/mol. The van der Waals surface area contributed by atoms with Crippen LogP contribution in [0.1, 0.15) is 13.3 Å². The first-order valence-corrected chi connectivity index (χ1v) is 4.62. The van der Waals surface area contributed by atoms with Crippen LogP contribution in [0.25, 0.3) is 0 Å². The van der Waals surface area contributed by atoms with Gasteiger partial charge in [-0.3, -0.25) is 0 Å². The molecule has 1 aromatic rings. The van der Waals surface area contributed by atoms with Gasteiger partial charge in [-0.15, -0.1) is 0 Å². The summed E-state index contributed by atoms with van der Waals surface area (Å²) in [7, 11) is 0. The number of halogens is 1. The summed E-state index contributed by atoms with van der Waals surface area (Å²) in [6.45, 7) is 4.10. The summed E-state index contributed by atoms with van der Waals surface area (Å²) in [5, 5.41) is 2.97. The van der Waals surface area contributed by atoms with Crippen molar-refractivity contribution in [2.45, 2.75) is 13.3 Å². The highest BCUT2D eigenvalue weighted by atomic mass is 19.1. The summed E-state index contributed by atoms with van der Waals surface area (Å²) in [4.78, 5) is 7.21. The smallest absolute Gasteiger partial charge is 0.217 e. The van der Waals surface area contributed by atoms with Gasteiger partial charge in [-0.25, -0.2) is 9.97 Å². The third-order valence-corrected chi connectivity index (χ3v) is 1.61. The van der Waals surface area contributed by atoms with Gasteiger partial charge in [0, 0.05) is 25.8 Å². The average Bonchev–Trinajstić information content (AvgIpc) is 2.18. The van der Waals surface area contributed by atoms with Gasteiger partial charge in [0.2, 0.25) is 5.95 Å². The maximum atomic E-state index is 12.6. The third kappa shape index (κ3) is 4.13. The van der Waals surface area contributed by atoms with Gasteiger partial charge in [-0.2, -0.15) is 4.39 Å². The van der Waals surface area contributed by atoms with Gasteiger partial charge in [0.05, 0.1) is 0 Å². The molecule has 0 saturated carbocycles. The van der Waals surface area contributed by atoms with Crippen molar-refractivity contribution in [1.82, 2.24) is 9.97 Å². The van der Waals surface area contributed by atoms with E-state index in [1.807, 2.05) is 6.92 Å². The fraction of sp³-hybridized carbons (Fsp3) is 0.556. The number of anilines is 1. The van der Waals surface area contributed by atoms with Crippen molar-refractivity contribution < 1.29 is 9.13 Å². The second-order valence-corrected chi connectivity index (χ2v) is 2.70. The molecule has 0 aliphatic rings. The molecular formula is C9H14FN3O. The largest absolute Gasteiger partial charge is 0.382 e. The number of nitrogens with zero attached hydrogens (tertiary/aromatic N) is 2. The molecule has 0 amide bonds. The highest BCUT2D eigenvalue weighted by molar-refractivity contribution is 5.31. The number of ether oxygens (including phenoxy) is 1. The Bertz CT molecular complexity index is 270. The highest BCUT2D eigenvalue weighted by Crippen LogP contribution is 2.01. The van der Waals surface area contributed by atoms with Gasteiger partial charge in [0.25, 0.3) is 0 Å². The zero-order valence-corrected chi connectivity index (χ0v) is 8.16. The van der Waals surface area contributed by atoms with Crippen LogP contribution in [0.3, 0.4) is 0 Å². The Labute approximate surface area is 82.5 Å². The summed E-state index contributed by atoms with van der Waals surface area (Å²) < 4.78 is 17.7. The standard InChI is InChI=1S/C9H14FN3O/c1-2-14-5-3-4-11-9-6-8(10)12-7-13-9/h6-7H,2-5H2,1H3,(H,11,12,13). The lowest BCUT2D eigenvalue weighted by molar-refractivity contribution is 0.147. The third-order valence-electron chi connectivity index (χ3n) is 1.61. The maximum Gasteiger partial charge on any atom is 0.217 e. The molecule has 0 saturated heterocycles. The lowest BCUT2D eigenvalue weighted by atomic mass is 10.4. The topological polar surface area (TPSA) is 47.0 Å². The van der Waals surface area contributed by atoms with Gasteiger partial charge < -0.3 is 10.1 Å². The Kier molecular flexibility index (Phi) is 4.85. The Hall–Kier alpha value is -1.23. The molecule has 0 aromatic carbocycles. The number of hydrogen-bond donors (Lipinski definition) is 1. The van der Waals surface area contributed by atoms with E-state index < -0.39 is 5.95 Å². The quantitative estimate of drug-likeness (QED) is 0.556. The van der Waals surface area contributed by atoms with Crippen LogP contribution >= 0.6 is 0 Å². The van der Waals surface area contributed by atoms with Gasteiger partial charge in [-0.05, 0) is 13.3 Å². The molecule has 1 rings (SSSR count). The number of hydrogen-bond acceptors (Lipinski definition) is 4. The Morgan fingerprint density at radius 2 is 2.36 bits per heavy atom. The lowest BCUT2D eigenvalue weighted by Gasteiger charge is -2.04. The summed E-state index contributed by atoms with van der Waals surface area (Å²) in [5.41, 5.74) is 0. The van der Waals surface area contributed by atoms with Crippen molar-refractivity contribution in [3.05, 3.63) is 18.3 Å². The van der Waals surface area contributed by atoms with Crippen LogP contribution < -0.4 is 5.32 Å². The molecule has 78 valence electrons. The van der Waals surface area contributed by atoms with Crippen LogP contribution in [0.2, 0.25) is 0 Å². The van der Waals surface area contributed by atoms with Crippen molar-refractivity contribution in [2.24, 2.45) is 0 Å². The zero-order chi connectivity index (χ0) is 10.2. The maximum absolute atomic E-state index is 12.6. The van der Waals surface area contributed by atoms with Crippen molar-refractivity contribution in [3.8, 4) is 0 Å². The molecule has 14 heavy (non-hydrogen) atoms. The number of nitrogens with one attached hydrogen (secondary N) is 1. The normalized spacial score (nSPS) is 10.1. The SMILES string of the molecule is CCOCCCNc1cc(F)ncn1. The van der Waals surface area contributed by atoms with E-state index in [1.54, 1.807) is 0 Å². The van der Waals surface area contributed by atoms with E-state index in [0.29, 0.717) is 12.4 Å². The molecule has 0 bridgehead atoms.